The molecule has 0 fully saturated rings. The average molecular weight is 253 g/mol. The average Bonchev–Trinajstić information content (AvgIpc) is 2.63. The summed E-state index contributed by atoms with van der Waals surface area (Å²) >= 11 is 0. The number of nitrogens with zero attached hydrogens (tertiary/aromatic N) is 2. The van der Waals surface area contributed by atoms with Crippen LogP contribution >= 0.6 is 0 Å². The number of aromatic nitrogens is 2. The fourth-order valence-electron chi connectivity index (χ4n) is 1.48. The predicted octanol–water partition coefficient (Wildman–Crippen LogP) is 1.01. The van der Waals surface area contributed by atoms with Crippen molar-refractivity contribution in [3.63, 3.8) is 0 Å². The van der Waals surface area contributed by atoms with E-state index < -0.39 is 10.1 Å². The lowest BCUT2D eigenvalue weighted by Crippen LogP contribution is -2.07. The predicted molar refractivity (Wildman–Crippen MR) is 62.5 cm³/mol. The molecule has 0 aliphatic rings. The summed E-state index contributed by atoms with van der Waals surface area (Å²) in [6, 6.07) is 5.96. The largest absolute Gasteiger partial charge is 0.399 e. The van der Waals surface area contributed by atoms with Crippen molar-refractivity contribution in [2.45, 2.75) is 11.8 Å². The summed E-state index contributed by atoms with van der Waals surface area (Å²) in [4.78, 5) is -0.263. The van der Waals surface area contributed by atoms with Gasteiger partial charge in [0.2, 0.25) is 0 Å². The Morgan fingerprint density at radius 1 is 1.35 bits per heavy atom. The van der Waals surface area contributed by atoms with Crippen LogP contribution in [0.1, 0.15) is 5.69 Å². The highest BCUT2D eigenvalue weighted by Crippen LogP contribution is 2.22. The van der Waals surface area contributed by atoms with Gasteiger partial charge in [0.05, 0.1) is 11.4 Å². The molecular formula is C10H11N3O3S. The van der Waals surface area contributed by atoms with Gasteiger partial charge in [-0.05, 0) is 31.2 Å². The summed E-state index contributed by atoms with van der Waals surface area (Å²) in [5, 5.41) is 4.09. The fraction of sp³-hybridized carbons (Fsp3) is 0.100. The Morgan fingerprint density at radius 3 is 2.59 bits per heavy atom. The third kappa shape index (κ3) is 2.29. The van der Waals surface area contributed by atoms with Crippen molar-refractivity contribution in [2.24, 2.45) is 0 Å². The van der Waals surface area contributed by atoms with Crippen LogP contribution < -0.4 is 5.73 Å². The molecule has 0 aliphatic heterocycles. The molecule has 0 unspecified atom stereocenters. The van der Waals surface area contributed by atoms with Gasteiger partial charge in [-0.3, -0.25) is 4.55 Å². The molecule has 0 atom stereocenters. The number of benzene rings is 1. The maximum Gasteiger partial charge on any atom is 0.296 e. The summed E-state index contributed by atoms with van der Waals surface area (Å²) in [5.74, 6) is 0. The molecule has 1 heterocycles. The number of hydrogen-bond donors (Lipinski definition) is 2. The van der Waals surface area contributed by atoms with E-state index in [0.29, 0.717) is 0 Å². The Bertz CT molecular complexity index is 661. The molecule has 0 spiro atoms. The van der Waals surface area contributed by atoms with E-state index in [1.165, 1.54) is 16.8 Å². The molecule has 90 valence electrons. The van der Waals surface area contributed by atoms with Crippen LogP contribution in [0.5, 0.6) is 0 Å². The first-order valence-electron chi connectivity index (χ1n) is 4.77. The van der Waals surface area contributed by atoms with E-state index in [2.05, 4.69) is 5.10 Å². The second-order valence-corrected chi connectivity index (χ2v) is 4.99. The smallest absolute Gasteiger partial charge is 0.296 e. The van der Waals surface area contributed by atoms with E-state index >= 15 is 0 Å². The minimum absolute atomic E-state index is 0.255. The molecule has 6 nitrogen and oxygen atoms in total. The second-order valence-electron chi connectivity index (χ2n) is 3.60. The summed E-state index contributed by atoms with van der Waals surface area (Å²) < 4.78 is 33.0. The second kappa shape index (κ2) is 3.86. The summed E-state index contributed by atoms with van der Waals surface area (Å²) in [6.07, 6.45) is 1.61. The molecule has 0 aliphatic carbocycles. The number of anilines is 1. The highest BCUT2D eigenvalue weighted by Gasteiger charge is 2.17. The molecule has 17 heavy (non-hydrogen) atoms. The summed E-state index contributed by atoms with van der Waals surface area (Å²) in [6.45, 7) is 1.78. The zero-order valence-corrected chi connectivity index (χ0v) is 9.85. The van der Waals surface area contributed by atoms with E-state index in [0.717, 1.165) is 5.69 Å². The topological polar surface area (TPSA) is 98.2 Å². The molecule has 1 aromatic heterocycles. The molecule has 2 rings (SSSR count). The van der Waals surface area contributed by atoms with E-state index in [4.69, 9.17) is 10.3 Å². The van der Waals surface area contributed by atoms with Crippen LogP contribution in [0, 0.1) is 6.92 Å². The zero-order chi connectivity index (χ0) is 12.6. The van der Waals surface area contributed by atoms with Gasteiger partial charge in [0, 0.05) is 11.9 Å². The molecule has 0 saturated carbocycles. The molecular weight excluding hydrogens is 242 g/mol. The van der Waals surface area contributed by atoms with Gasteiger partial charge in [-0.25, -0.2) is 4.68 Å². The maximum atomic E-state index is 11.2. The fourth-order valence-corrected chi connectivity index (χ4v) is 2.19. The van der Waals surface area contributed by atoms with Crippen LogP contribution in [0.2, 0.25) is 0 Å². The molecule has 1 aromatic carbocycles. The van der Waals surface area contributed by atoms with Crippen molar-refractivity contribution in [1.82, 2.24) is 9.78 Å². The minimum atomic E-state index is -4.34. The third-order valence-corrected chi connectivity index (χ3v) is 3.11. The van der Waals surface area contributed by atoms with Crippen molar-refractivity contribution in [3.8, 4) is 5.69 Å². The standard InChI is InChI=1S/C10H11N3O3S/c1-7-4-5-13(12-7)9-3-2-8(11)6-10(9)17(14,15)16/h2-6H,11H2,1H3,(H,14,15,16). The van der Waals surface area contributed by atoms with Crippen LogP contribution in [0.4, 0.5) is 5.69 Å². The quantitative estimate of drug-likeness (QED) is 0.614. The Balaban J connectivity index is 2.70. The van der Waals surface area contributed by atoms with Crippen LogP contribution in [0.25, 0.3) is 5.69 Å². The lowest BCUT2D eigenvalue weighted by atomic mass is 10.3. The molecule has 0 saturated heterocycles. The number of rotatable bonds is 2. The number of hydrogen-bond acceptors (Lipinski definition) is 4. The van der Waals surface area contributed by atoms with Gasteiger partial charge in [-0.2, -0.15) is 13.5 Å². The molecule has 7 heteroatoms. The highest BCUT2D eigenvalue weighted by atomic mass is 32.2. The SMILES string of the molecule is Cc1ccn(-c2ccc(N)cc2S(=O)(=O)O)n1. The first kappa shape index (κ1) is 11.6. The van der Waals surface area contributed by atoms with Gasteiger partial charge in [0.1, 0.15) is 4.90 Å². The van der Waals surface area contributed by atoms with E-state index in [1.807, 2.05) is 0 Å². The van der Waals surface area contributed by atoms with Crippen LogP contribution in [-0.2, 0) is 10.1 Å². The summed E-state index contributed by atoms with van der Waals surface area (Å²) in [7, 11) is -4.34. The Morgan fingerprint density at radius 2 is 2.06 bits per heavy atom. The third-order valence-electron chi connectivity index (χ3n) is 2.23. The molecule has 2 aromatic rings. The van der Waals surface area contributed by atoms with E-state index in [-0.39, 0.29) is 16.3 Å². The van der Waals surface area contributed by atoms with Crippen molar-refractivity contribution < 1.29 is 13.0 Å². The number of aryl methyl sites for hydroxylation is 1. The lowest BCUT2D eigenvalue weighted by molar-refractivity contribution is 0.482. The van der Waals surface area contributed by atoms with Crippen molar-refractivity contribution >= 4 is 15.8 Å². The normalized spacial score (nSPS) is 11.6. The van der Waals surface area contributed by atoms with Crippen LogP contribution in [0.3, 0.4) is 0 Å². The lowest BCUT2D eigenvalue weighted by Gasteiger charge is -2.07. The molecule has 0 bridgehead atoms. The Labute approximate surface area is 98.4 Å². The van der Waals surface area contributed by atoms with Gasteiger partial charge in [-0.15, -0.1) is 0 Å². The van der Waals surface area contributed by atoms with Crippen molar-refractivity contribution in [1.29, 1.82) is 0 Å². The monoisotopic (exact) mass is 253 g/mol. The molecule has 0 amide bonds. The van der Waals surface area contributed by atoms with Crippen molar-refractivity contribution in [3.05, 3.63) is 36.2 Å². The number of nitrogens with two attached hydrogens (primary N) is 1. The molecule has 3 N–H and O–H groups in total. The van der Waals surface area contributed by atoms with E-state index in [1.54, 1.807) is 25.3 Å². The first-order chi connectivity index (χ1) is 7.88. The van der Waals surface area contributed by atoms with Crippen LogP contribution in [-0.4, -0.2) is 22.8 Å². The first-order valence-corrected chi connectivity index (χ1v) is 6.21. The maximum absolute atomic E-state index is 11.2. The van der Waals surface area contributed by atoms with Gasteiger partial charge < -0.3 is 5.73 Å². The minimum Gasteiger partial charge on any atom is -0.399 e. The Kier molecular flexibility index (Phi) is 2.64. The summed E-state index contributed by atoms with van der Waals surface area (Å²) in [5.41, 5.74) is 6.76. The molecule has 0 radical (unpaired) electrons. The van der Waals surface area contributed by atoms with Gasteiger partial charge in [0.25, 0.3) is 10.1 Å². The van der Waals surface area contributed by atoms with Gasteiger partial charge >= 0.3 is 0 Å². The Hall–Kier alpha value is -1.86. The van der Waals surface area contributed by atoms with Crippen LogP contribution in [0.15, 0.2) is 35.4 Å². The van der Waals surface area contributed by atoms with Gasteiger partial charge in [-0.1, -0.05) is 0 Å². The van der Waals surface area contributed by atoms with Crippen molar-refractivity contribution in [2.75, 3.05) is 5.73 Å². The van der Waals surface area contributed by atoms with E-state index in [9.17, 15) is 8.42 Å². The van der Waals surface area contributed by atoms with Gasteiger partial charge in [0.15, 0.2) is 0 Å². The number of nitrogen functional groups attached to an aromatic ring is 1. The highest BCUT2D eigenvalue weighted by molar-refractivity contribution is 7.86. The zero-order valence-electron chi connectivity index (χ0n) is 9.03.